The lowest BCUT2D eigenvalue weighted by Crippen LogP contribution is -2.14. The van der Waals surface area contributed by atoms with Gasteiger partial charge in [-0.15, -0.1) is 16.4 Å². The molecule has 0 radical (unpaired) electrons. The average Bonchev–Trinajstić information content (AvgIpc) is 3.39. The fourth-order valence-corrected chi connectivity index (χ4v) is 3.95. The number of thiazole rings is 1. The Labute approximate surface area is 178 Å². The first-order valence-electron chi connectivity index (χ1n) is 8.68. The fraction of sp³-hybridized carbons (Fsp3) is 0.105. The van der Waals surface area contributed by atoms with Gasteiger partial charge in [0.05, 0.1) is 17.1 Å². The molecule has 152 valence electrons. The van der Waals surface area contributed by atoms with Crippen LogP contribution in [-0.4, -0.2) is 36.9 Å². The highest BCUT2D eigenvalue weighted by Gasteiger charge is 2.14. The molecule has 0 saturated carbocycles. The minimum absolute atomic E-state index is 0.0757. The number of carbonyl (C=O) groups excluding carboxylic acids is 1. The summed E-state index contributed by atoms with van der Waals surface area (Å²) in [6, 6.07) is 11.2. The van der Waals surface area contributed by atoms with Gasteiger partial charge in [-0.25, -0.2) is 13.8 Å². The average molecular weight is 444 g/mol. The molecule has 0 spiro atoms. The summed E-state index contributed by atoms with van der Waals surface area (Å²) < 4.78 is 28.0. The van der Waals surface area contributed by atoms with Crippen LogP contribution in [0.2, 0.25) is 0 Å². The number of tetrazole rings is 1. The number of thioether (sulfide) groups is 1. The second-order valence-electron chi connectivity index (χ2n) is 6.21. The quantitative estimate of drug-likeness (QED) is 0.451. The molecule has 0 fully saturated rings. The Morgan fingerprint density at radius 1 is 1.17 bits per heavy atom. The Kier molecular flexibility index (Phi) is 5.81. The summed E-state index contributed by atoms with van der Waals surface area (Å²) in [5, 5.41) is 16.8. The van der Waals surface area contributed by atoms with E-state index in [-0.39, 0.29) is 11.7 Å². The summed E-state index contributed by atoms with van der Waals surface area (Å²) >= 11 is 2.38. The first-order valence-corrected chi connectivity index (χ1v) is 10.5. The first kappa shape index (κ1) is 20.1. The van der Waals surface area contributed by atoms with E-state index in [2.05, 4.69) is 25.8 Å². The number of hydrogen-bond donors (Lipinski definition) is 1. The number of aryl methyl sites for hydroxylation is 1. The van der Waals surface area contributed by atoms with E-state index in [1.54, 1.807) is 10.1 Å². The Hall–Kier alpha value is -3.18. The SMILES string of the molecule is Cc1ccc(-n2nnnc2SCC(=O)Nc2nc(-c3ccc(F)c(F)c3)cs2)cc1. The normalized spacial score (nSPS) is 10.9. The Morgan fingerprint density at radius 3 is 2.73 bits per heavy atom. The third kappa shape index (κ3) is 4.52. The van der Waals surface area contributed by atoms with Gasteiger partial charge in [-0.2, -0.15) is 4.68 Å². The lowest BCUT2D eigenvalue weighted by Gasteiger charge is -2.04. The standard InChI is InChI=1S/C19H14F2N6OS2/c1-11-2-5-13(6-3-11)27-19(24-25-26-27)30-10-17(28)23-18-22-16(9-29-18)12-4-7-14(20)15(21)8-12/h2-9H,10H2,1H3,(H,22,23,28). The van der Waals surface area contributed by atoms with E-state index in [9.17, 15) is 13.6 Å². The van der Waals surface area contributed by atoms with E-state index in [4.69, 9.17) is 0 Å². The van der Waals surface area contributed by atoms with Crippen molar-refractivity contribution in [3.8, 4) is 16.9 Å². The molecule has 4 rings (SSSR count). The minimum Gasteiger partial charge on any atom is -0.301 e. The highest BCUT2D eigenvalue weighted by molar-refractivity contribution is 7.99. The summed E-state index contributed by atoms with van der Waals surface area (Å²) in [5.41, 5.74) is 2.79. The van der Waals surface area contributed by atoms with Crippen molar-refractivity contribution in [1.82, 2.24) is 25.2 Å². The van der Waals surface area contributed by atoms with Crippen LogP contribution in [0.25, 0.3) is 16.9 Å². The van der Waals surface area contributed by atoms with Crippen LogP contribution in [0, 0.1) is 18.6 Å². The minimum atomic E-state index is -0.950. The van der Waals surface area contributed by atoms with Crippen molar-refractivity contribution in [3.05, 3.63) is 65.0 Å². The van der Waals surface area contributed by atoms with E-state index < -0.39 is 11.6 Å². The molecule has 1 amide bonds. The van der Waals surface area contributed by atoms with Crippen molar-refractivity contribution in [2.24, 2.45) is 0 Å². The van der Waals surface area contributed by atoms with Crippen LogP contribution >= 0.6 is 23.1 Å². The molecule has 0 atom stereocenters. The second-order valence-corrected chi connectivity index (χ2v) is 8.01. The molecular weight excluding hydrogens is 430 g/mol. The van der Waals surface area contributed by atoms with Crippen molar-refractivity contribution in [2.45, 2.75) is 12.1 Å². The molecule has 0 saturated heterocycles. The maximum absolute atomic E-state index is 13.4. The van der Waals surface area contributed by atoms with Crippen LogP contribution in [0.15, 0.2) is 53.0 Å². The second kappa shape index (κ2) is 8.67. The summed E-state index contributed by atoms with van der Waals surface area (Å²) in [6.45, 7) is 1.99. The summed E-state index contributed by atoms with van der Waals surface area (Å²) in [5.74, 6) is -2.09. The maximum Gasteiger partial charge on any atom is 0.236 e. The van der Waals surface area contributed by atoms with Crippen molar-refractivity contribution < 1.29 is 13.6 Å². The van der Waals surface area contributed by atoms with Gasteiger partial charge in [0.2, 0.25) is 11.1 Å². The highest BCUT2D eigenvalue weighted by atomic mass is 32.2. The number of nitrogens with zero attached hydrogens (tertiary/aromatic N) is 5. The molecule has 0 aliphatic carbocycles. The van der Waals surface area contributed by atoms with Gasteiger partial charge in [-0.05, 0) is 47.7 Å². The Bertz CT molecular complexity index is 1190. The van der Waals surface area contributed by atoms with Gasteiger partial charge in [0.25, 0.3) is 0 Å². The number of hydrogen-bond acceptors (Lipinski definition) is 7. The fourth-order valence-electron chi connectivity index (χ4n) is 2.52. The summed E-state index contributed by atoms with van der Waals surface area (Å²) in [4.78, 5) is 16.5. The molecule has 0 aliphatic rings. The Morgan fingerprint density at radius 2 is 1.97 bits per heavy atom. The lowest BCUT2D eigenvalue weighted by molar-refractivity contribution is -0.113. The predicted octanol–water partition coefficient (Wildman–Crippen LogP) is 4.10. The number of rotatable bonds is 6. The Balaban J connectivity index is 1.38. The molecule has 2 aromatic carbocycles. The molecule has 30 heavy (non-hydrogen) atoms. The summed E-state index contributed by atoms with van der Waals surface area (Å²) in [7, 11) is 0. The topological polar surface area (TPSA) is 85.6 Å². The molecule has 7 nitrogen and oxygen atoms in total. The molecule has 2 aromatic heterocycles. The van der Waals surface area contributed by atoms with Crippen LogP contribution in [0.3, 0.4) is 0 Å². The monoisotopic (exact) mass is 444 g/mol. The van der Waals surface area contributed by atoms with Crippen LogP contribution in [0.4, 0.5) is 13.9 Å². The van der Waals surface area contributed by atoms with Crippen LogP contribution < -0.4 is 5.32 Å². The number of benzene rings is 2. The van der Waals surface area contributed by atoms with Gasteiger partial charge in [0.1, 0.15) is 0 Å². The van der Waals surface area contributed by atoms with Gasteiger partial charge >= 0.3 is 0 Å². The van der Waals surface area contributed by atoms with Crippen LogP contribution in [0.5, 0.6) is 0 Å². The number of carbonyl (C=O) groups is 1. The number of aromatic nitrogens is 5. The van der Waals surface area contributed by atoms with Crippen molar-refractivity contribution >= 4 is 34.1 Å². The molecule has 2 heterocycles. The maximum atomic E-state index is 13.4. The lowest BCUT2D eigenvalue weighted by atomic mass is 10.2. The van der Waals surface area contributed by atoms with E-state index in [1.807, 2.05) is 31.2 Å². The molecule has 0 bridgehead atoms. The van der Waals surface area contributed by atoms with Crippen molar-refractivity contribution in [3.63, 3.8) is 0 Å². The van der Waals surface area contributed by atoms with Crippen LogP contribution in [0.1, 0.15) is 5.56 Å². The number of nitrogens with one attached hydrogen (secondary N) is 1. The molecule has 4 aromatic rings. The third-order valence-electron chi connectivity index (χ3n) is 4.02. The van der Waals surface area contributed by atoms with E-state index >= 15 is 0 Å². The van der Waals surface area contributed by atoms with Gasteiger partial charge < -0.3 is 5.32 Å². The van der Waals surface area contributed by atoms with Crippen molar-refractivity contribution in [2.75, 3.05) is 11.1 Å². The van der Waals surface area contributed by atoms with E-state index in [1.165, 1.54) is 29.2 Å². The van der Waals surface area contributed by atoms with Gasteiger partial charge in [-0.3, -0.25) is 4.79 Å². The summed E-state index contributed by atoms with van der Waals surface area (Å²) in [6.07, 6.45) is 0. The number of anilines is 1. The van der Waals surface area contributed by atoms with Crippen LogP contribution in [-0.2, 0) is 4.79 Å². The highest BCUT2D eigenvalue weighted by Crippen LogP contribution is 2.26. The number of halogens is 2. The smallest absolute Gasteiger partial charge is 0.236 e. The van der Waals surface area contributed by atoms with Gasteiger partial charge in [0.15, 0.2) is 16.8 Å². The zero-order valence-electron chi connectivity index (χ0n) is 15.5. The van der Waals surface area contributed by atoms with Gasteiger partial charge in [0, 0.05) is 10.9 Å². The first-order chi connectivity index (χ1) is 14.5. The predicted molar refractivity (Wildman–Crippen MR) is 111 cm³/mol. The molecule has 0 aliphatic heterocycles. The third-order valence-corrected chi connectivity index (χ3v) is 5.69. The zero-order valence-corrected chi connectivity index (χ0v) is 17.2. The largest absolute Gasteiger partial charge is 0.301 e. The molecule has 1 N–H and O–H groups in total. The van der Waals surface area contributed by atoms with E-state index in [0.29, 0.717) is 21.5 Å². The number of amides is 1. The molecular formula is C19H14F2N6OS2. The van der Waals surface area contributed by atoms with Crippen molar-refractivity contribution in [1.29, 1.82) is 0 Å². The van der Waals surface area contributed by atoms with E-state index in [0.717, 1.165) is 23.4 Å². The molecule has 0 unspecified atom stereocenters. The zero-order chi connectivity index (χ0) is 21.1. The van der Waals surface area contributed by atoms with Gasteiger partial charge in [-0.1, -0.05) is 29.5 Å². The molecule has 11 heteroatoms.